The summed E-state index contributed by atoms with van der Waals surface area (Å²) in [5, 5.41) is 10.7. The van der Waals surface area contributed by atoms with Gasteiger partial charge in [-0.3, -0.25) is 4.90 Å². The molecule has 1 saturated heterocycles. The lowest BCUT2D eigenvalue weighted by Gasteiger charge is -2.37. The molecule has 0 bridgehead atoms. The van der Waals surface area contributed by atoms with Gasteiger partial charge in [-0.25, -0.2) is 0 Å². The molecule has 1 fully saturated rings. The number of aromatic hydroxyl groups is 1. The molecular formula is C16H24ClNO2. The Morgan fingerprint density at radius 3 is 3.05 bits per heavy atom. The number of rotatable bonds is 5. The highest BCUT2D eigenvalue weighted by atomic mass is 35.5. The molecule has 0 aliphatic carbocycles. The molecule has 112 valence electrons. The minimum absolute atomic E-state index is 0.154. The number of piperidine rings is 1. The van der Waals surface area contributed by atoms with Crippen LogP contribution in [0.2, 0.25) is 5.02 Å². The van der Waals surface area contributed by atoms with Crippen LogP contribution in [0.4, 0.5) is 0 Å². The van der Waals surface area contributed by atoms with E-state index in [1.165, 1.54) is 0 Å². The fourth-order valence-corrected chi connectivity index (χ4v) is 2.98. The molecule has 3 nitrogen and oxygen atoms in total. The monoisotopic (exact) mass is 297 g/mol. The number of ether oxygens (including phenoxy) is 1. The summed E-state index contributed by atoms with van der Waals surface area (Å²) in [4.78, 5) is 2.37. The number of benzene rings is 1. The average Bonchev–Trinajstić information content (AvgIpc) is 2.47. The maximum Gasteiger partial charge on any atom is 0.120 e. The van der Waals surface area contributed by atoms with Gasteiger partial charge < -0.3 is 9.84 Å². The third-order valence-electron chi connectivity index (χ3n) is 3.95. The molecule has 1 aliphatic rings. The second kappa shape index (κ2) is 7.30. The van der Waals surface area contributed by atoms with Crippen LogP contribution in [0.1, 0.15) is 44.7 Å². The summed E-state index contributed by atoms with van der Waals surface area (Å²) in [6.45, 7) is 7.04. The molecule has 0 aromatic heterocycles. The van der Waals surface area contributed by atoms with Crippen molar-refractivity contribution >= 4 is 11.6 Å². The van der Waals surface area contributed by atoms with Gasteiger partial charge in [0.1, 0.15) is 5.75 Å². The molecule has 0 saturated carbocycles. The van der Waals surface area contributed by atoms with Gasteiger partial charge in [-0.2, -0.15) is 0 Å². The molecule has 2 unspecified atom stereocenters. The zero-order chi connectivity index (χ0) is 14.5. The largest absolute Gasteiger partial charge is 0.508 e. The lowest BCUT2D eigenvalue weighted by molar-refractivity contribution is -0.0109. The summed E-state index contributed by atoms with van der Waals surface area (Å²) < 4.78 is 5.87. The molecule has 0 amide bonds. The highest BCUT2D eigenvalue weighted by Crippen LogP contribution is 2.32. The second-order valence-corrected chi connectivity index (χ2v) is 5.95. The molecule has 1 N–H and O–H groups in total. The fourth-order valence-electron chi connectivity index (χ4n) is 2.80. The maximum atomic E-state index is 10.0. The number of halogens is 1. The van der Waals surface area contributed by atoms with Crippen molar-refractivity contribution in [1.82, 2.24) is 4.90 Å². The van der Waals surface area contributed by atoms with Crippen LogP contribution >= 0.6 is 11.6 Å². The Hall–Kier alpha value is -0.770. The summed E-state index contributed by atoms with van der Waals surface area (Å²) in [6.07, 6.45) is 3.64. The molecule has 0 spiro atoms. The minimum Gasteiger partial charge on any atom is -0.508 e. The van der Waals surface area contributed by atoms with Gasteiger partial charge in [0.15, 0.2) is 0 Å². The minimum atomic E-state index is 0.154. The first-order valence-electron chi connectivity index (χ1n) is 7.46. The van der Waals surface area contributed by atoms with E-state index in [0.717, 1.165) is 44.5 Å². The molecule has 4 heteroatoms. The summed E-state index contributed by atoms with van der Waals surface area (Å²) in [5.74, 6) is 0.318. The van der Waals surface area contributed by atoms with Crippen molar-refractivity contribution in [3.63, 3.8) is 0 Å². The highest BCUT2D eigenvalue weighted by Gasteiger charge is 2.26. The Balaban J connectivity index is 2.04. The average molecular weight is 298 g/mol. The number of phenolic OH excluding ortho intramolecular Hbond substituents is 1. The third-order valence-corrected chi connectivity index (χ3v) is 4.19. The Labute approximate surface area is 126 Å². The van der Waals surface area contributed by atoms with E-state index >= 15 is 0 Å². The van der Waals surface area contributed by atoms with E-state index in [0.29, 0.717) is 16.9 Å². The normalized spacial score (nSPS) is 21.9. The summed E-state index contributed by atoms with van der Waals surface area (Å²) in [6, 6.07) is 5.40. The number of hydrogen-bond acceptors (Lipinski definition) is 3. The Morgan fingerprint density at radius 2 is 2.30 bits per heavy atom. The van der Waals surface area contributed by atoms with Crippen LogP contribution in [0.5, 0.6) is 5.75 Å². The molecular weight excluding hydrogens is 274 g/mol. The van der Waals surface area contributed by atoms with E-state index < -0.39 is 0 Å². The zero-order valence-corrected chi connectivity index (χ0v) is 13.1. The van der Waals surface area contributed by atoms with Gasteiger partial charge in [0.2, 0.25) is 0 Å². The Kier molecular flexibility index (Phi) is 5.70. The third kappa shape index (κ3) is 3.87. The quantitative estimate of drug-likeness (QED) is 0.892. The molecule has 20 heavy (non-hydrogen) atoms. The predicted molar refractivity (Wildman–Crippen MR) is 82.4 cm³/mol. The predicted octanol–water partition coefficient (Wildman–Crippen LogP) is 4.00. The van der Waals surface area contributed by atoms with Gasteiger partial charge in [-0.15, -0.1) is 0 Å². The molecule has 1 aromatic carbocycles. The van der Waals surface area contributed by atoms with Crippen molar-refractivity contribution in [1.29, 1.82) is 0 Å². The van der Waals surface area contributed by atoms with E-state index in [9.17, 15) is 5.11 Å². The van der Waals surface area contributed by atoms with Crippen molar-refractivity contribution in [3.05, 3.63) is 28.8 Å². The smallest absolute Gasteiger partial charge is 0.120 e. The molecule has 1 aliphatic heterocycles. The van der Waals surface area contributed by atoms with Crippen LogP contribution in [-0.2, 0) is 4.74 Å². The SMILES string of the molecule is CCCOC1CCCN(C(C)c2cc(Cl)ccc2O)C1. The van der Waals surface area contributed by atoms with Crippen molar-refractivity contribution in [2.45, 2.75) is 45.3 Å². The van der Waals surface area contributed by atoms with Crippen LogP contribution in [0.3, 0.4) is 0 Å². The van der Waals surface area contributed by atoms with E-state index in [1.807, 2.05) is 6.07 Å². The first-order chi connectivity index (χ1) is 9.61. The van der Waals surface area contributed by atoms with E-state index in [2.05, 4.69) is 18.7 Å². The fraction of sp³-hybridized carbons (Fsp3) is 0.625. The lowest BCUT2D eigenvalue weighted by Crippen LogP contribution is -2.41. The van der Waals surface area contributed by atoms with Gasteiger partial charge in [0.25, 0.3) is 0 Å². The first-order valence-corrected chi connectivity index (χ1v) is 7.83. The molecule has 1 aromatic rings. The van der Waals surface area contributed by atoms with Gasteiger partial charge in [0, 0.05) is 29.8 Å². The van der Waals surface area contributed by atoms with Crippen molar-refractivity contribution in [2.24, 2.45) is 0 Å². The first kappa shape index (κ1) is 15.6. The lowest BCUT2D eigenvalue weighted by atomic mass is 10.0. The van der Waals surface area contributed by atoms with Crippen LogP contribution in [0, 0.1) is 0 Å². The van der Waals surface area contributed by atoms with Crippen molar-refractivity contribution in [3.8, 4) is 5.75 Å². The summed E-state index contributed by atoms with van der Waals surface area (Å²) in [7, 11) is 0. The van der Waals surface area contributed by atoms with Crippen molar-refractivity contribution < 1.29 is 9.84 Å². The zero-order valence-electron chi connectivity index (χ0n) is 12.3. The van der Waals surface area contributed by atoms with E-state index in [4.69, 9.17) is 16.3 Å². The van der Waals surface area contributed by atoms with Crippen LogP contribution < -0.4 is 0 Å². The topological polar surface area (TPSA) is 32.7 Å². The van der Waals surface area contributed by atoms with Gasteiger partial charge in [-0.05, 0) is 50.9 Å². The van der Waals surface area contributed by atoms with Gasteiger partial charge >= 0.3 is 0 Å². The highest BCUT2D eigenvalue weighted by molar-refractivity contribution is 6.30. The van der Waals surface area contributed by atoms with Crippen LogP contribution in [0.15, 0.2) is 18.2 Å². The van der Waals surface area contributed by atoms with E-state index in [-0.39, 0.29) is 6.04 Å². The number of hydrogen-bond donors (Lipinski definition) is 1. The Morgan fingerprint density at radius 1 is 1.50 bits per heavy atom. The van der Waals surface area contributed by atoms with Gasteiger partial charge in [-0.1, -0.05) is 18.5 Å². The summed E-state index contributed by atoms with van der Waals surface area (Å²) in [5.41, 5.74) is 0.897. The molecule has 0 radical (unpaired) electrons. The molecule has 2 atom stereocenters. The standard InChI is InChI=1S/C16H24ClNO2/c1-3-9-20-14-5-4-8-18(11-14)12(2)15-10-13(17)6-7-16(15)19/h6-7,10,12,14,19H,3-5,8-9,11H2,1-2H3. The maximum absolute atomic E-state index is 10.0. The number of nitrogens with zero attached hydrogens (tertiary/aromatic N) is 1. The molecule has 1 heterocycles. The van der Waals surface area contributed by atoms with Gasteiger partial charge in [0.05, 0.1) is 6.10 Å². The van der Waals surface area contributed by atoms with Crippen LogP contribution in [-0.4, -0.2) is 35.8 Å². The number of likely N-dealkylation sites (tertiary alicyclic amines) is 1. The second-order valence-electron chi connectivity index (χ2n) is 5.51. The Bertz CT molecular complexity index is 438. The summed E-state index contributed by atoms with van der Waals surface area (Å²) >= 11 is 6.04. The van der Waals surface area contributed by atoms with Crippen molar-refractivity contribution in [2.75, 3.05) is 19.7 Å². The van der Waals surface area contributed by atoms with E-state index in [1.54, 1.807) is 12.1 Å². The van der Waals surface area contributed by atoms with Crippen LogP contribution in [0.25, 0.3) is 0 Å². The number of phenols is 1. The molecule has 2 rings (SSSR count).